The average Bonchev–Trinajstić information content (AvgIpc) is 2.49. The van der Waals surface area contributed by atoms with Crippen LogP contribution in [0.4, 0.5) is 5.82 Å². The lowest BCUT2D eigenvalue weighted by Crippen LogP contribution is -2.27. The van der Waals surface area contributed by atoms with Gasteiger partial charge in [-0.2, -0.15) is 0 Å². The number of hydrogen-bond donors (Lipinski definition) is 1. The fourth-order valence-corrected chi connectivity index (χ4v) is 3.21. The summed E-state index contributed by atoms with van der Waals surface area (Å²) in [6, 6.07) is 10.7. The Balaban J connectivity index is 1.84. The van der Waals surface area contributed by atoms with Crippen LogP contribution in [0.3, 0.4) is 0 Å². The van der Waals surface area contributed by atoms with Crippen LogP contribution < -0.4 is 5.32 Å². The molecule has 0 aliphatic carbocycles. The van der Waals surface area contributed by atoms with Gasteiger partial charge in [0, 0.05) is 24.5 Å². The second kappa shape index (κ2) is 6.90. The van der Waals surface area contributed by atoms with Gasteiger partial charge >= 0.3 is 0 Å². The van der Waals surface area contributed by atoms with E-state index < -0.39 is 0 Å². The van der Waals surface area contributed by atoms with Crippen LogP contribution in [0.2, 0.25) is 0 Å². The molecule has 3 nitrogen and oxygen atoms in total. The Morgan fingerprint density at radius 3 is 2.52 bits per heavy atom. The molecule has 2 aromatic rings. The van der Waals surface area contributed by atoms with Crippen LogP contribution in [0.5, 0.6) is 0 Å². The summed E-state index contributed by atoms with van der Waals surface area (Å²) in [7, 11) is 1.97. The summed E-state index contributed by atoms with van der Waals surface area (Å²) in [6.07, 6.45) is 6.83. The average molecular weight is 283 g/mol. The van der Waals surface area contributed by atoms with E-state index in [0.717, 1.165) is 17.9 Å². The van der Waals surface area contributed by atoms with Gasteiger partial charge in [-0.1, -0.05) is 37.5 Å². The summed E-state index contributed by atoms with van der Waals surface area (Å²) in [5.74, 6) is 1.02. The van der Waals surface area contributed by atoms with E-state index in [1.807, 2.05) is 13.1 Å². The number of likely N-dealkylation sites (tertiary alicyclic amines) is 1. The number of benzene rings is 1. The van der Waals surface area contributed by atoms with Crippen LogP contribution in [-0.4, -0.2) is 30.0 Å². The second-order valence-electron chi connectivity index (χ2n) is 5.98. The summed E-state index contributed by atoms with van der Waals surface area (Å²) in [4.78, 5) is 7.35. The fraction of sp³-hybridized carbons (Fsp3) is 0.500. The van der Waals surface area contributed by atoms with E-state index in [-0.39, 0.29) is 0 Å². The third-order valence-electron chi connectivity index (χ3n) is 4.38. The number of aromatic nitrogens is 1. The fourth-order valence-electron chi connectivity index (χ4n) is 3.21. The Hall–Kier alpha value is -1.61. The lowest BCUT2D eigenvalue weighted by Gasteiger charge is -2.25. The van der Waals surface area contributed by atoms with Crippen molar-refractivity contribution in [3.8, 4) is 0 Å². The quantitative estimate of drug-likeness (QED) is 0.921. The molecule has 0 saturated carbocycles. The first kappa shape index (κ1) is 14.3. The molecule has 0 atom stereocenters. The molecule has 0 unspecified atom stereocenters. The van der Waals surface area contributed by atoms with Gasteiger partial charge in [-0.25, -0.2) is 4.98 Å². The minimum Gasteiger partial charge on any atom is -0.373 e. The zero-order valence-electron chi connectivity index (χ0n) is 12.9. The zero-order valence-corrected chi connectivity index (χ0v) is 12.9. The van der Waals surface area contributed by atoms with Gasteiger partial charge in [-0.15, -0.1) is 0 Å². The van der Waals surface area contributed by atoms with Crippen LogP contribution in [-0.2, 0) is 6.54 Å². The van der Waals surface area contributed by atoms with Crippen molar-refractivity contribution < 1.29 is 0 Å². The van der Waals surface area contributed by atoms with Crippen molar-refractivity contribution in [1.29, 1.82) is 0 Å². The number of pyridine rings is 1. The molecular formula is C18H25N3. The molecule has 21 heavy (non-hydrogen) atoms. The predicted octanol–water partition coefficient (Wildman–Crippen LogP) is 4.04. The molecule has 3 rings (SSSR count). The lowest BCUT2D eigenvalue weighted by molar-refractivity contribution is 0.240. The summed E-state index contributed by atoms with van der Waals surface area (Å²) in [6.45, 7) is 3.44. The second-order valence-corrected chi connectivity index (χ2v) is 5.98. The SMILES string of the molecule is CNc1nc2ccccc2cc1CN1CCCCCCC1. The molecule has 0 spiro atoms. The van der Waals surface area contributed by atoms with Crippen LogP contribution in [0.1, 0.15) is 37.7 Å². The molecular weight excluding hydrogens is 258 g/mol. The first-order valence-electron chi connectivity index (χ1n) is 8.15. The van der Waals surface area contributed by atoms with Crippen molar-refractivity contribution in [2.75, 3.05) is 25.5 Å². The van der Waals surface area contributed by atoms with Gasteiger partial charge in [-0.05, 0) is 38.1 Å². The van der Waals surface area contributed by atoms with E-state index in [0.29, 0.717) is 0 Å². The highest BCUT2D eigenvalue weighted by Gasteiger charge is 2.12. The predicted molar refractivity (Wildman–Crippen MR) is 89.7 cm³/mol. The Labute approximate surface area is 127 Å². The van der Waals surface area contributed by atoms with Gasteiger partial charge in [0.2, 0.25) is 0 Å². The molecule has 3 heteroatoms. The maximum atomic E-state index is 4.76. The molecule has 0 bridgehead atoms. The molecule has 112 valence electrons. The Morgan fingerprint density at radius 2 is 1.76 bits per heavy atom. The highest BCUT2D eigenvalue weighted by molar-refractivity contribution is 5.81. The van der Waals surface area contributed by atoms with Crippen LogP contribution in [0.25, 0.3) is 10.9 Å². The zero-order chi connectivity index (χ0) is 14.5. The third-order valence-corrected chi connectivity index (χ3v) is 4.38. The number of fused-ring (bicyclic) bond motifs is 1. The summed E-state index contributed by atoms with van der Waals surface area (Å²) < 4.78 is 0. The van der Waals surface area contributed by atoms with Crippen molar-refractivity contribution in [3.05, 3.63) is 35.9 Å². The van der Waals surface area contributed by atoms with Crippen molar-refractivity contribution in [2.45, 2.75) is 38.6 Å². The van der Waals surface area contributed by atoms with E-state index in [2.05, 4.69) is 34.5 Å². The number of nitrogens with zero attached hydrogens (tertiary/aromatic N) is 2. The van der Waals surface area contributed by atoms with Gasteiger partial charge in [0.05, 0.1) is 5.52 Å². The van der Waals surface area contributed by atoms with Gasteiger partial charge in [0.15, 0.2) is 0 Å². The molecule has 2 heterocycles. The Morgan fingerprint density at radius 1 is 1.05 bits per heavy atom. The summed E-state index contributed by atoms with van der Waals surface area (Å²) in [5, 5.41) is 4.50. The molecule has 1 saturated heterocycles. The van der Waals surface area contributed by atoms with Crippen molar-refractivity contribution in [2.24, 2.45) is 0 Å². The van der Waals surface area contributed by atoms with Gasteiger partial charge < -0.3 is 5.32 Å². The first-order valence-corrected chi connectivity index (χ1v) is 8.15. The molecule has 0 radical (unpaired) electrons. The number of nitrogens with one attached hydrogen (secondary N) is 1. The maximum absolute atomic E-state index is 4.76. The molecule has 1 aliphatic heterocycles. The highest BCUT2D eigenvalue weighted by Crippen LogP contribution is 2.22. The standard InChI is InChI=1S/C18H25N3/c1-19-18-16(13-15-9-5-6-10-17(15)20-18)14-21-11-7-3-2-4-8-12-21/h5-6,9-10,13H,2-4,7-8,11-12,14H2,1H3,(H,19,20). The van der Waals surface area contributed by atoms with Crippen LogP contribution in [0.15, 0.2) is 30.3 Å². The molecule has 1 aliphatic rings. The highest BCUT2D eigenvalue weighted by atomic mass is 15.1. The van der Waals surface area contributed by atoms with E-state index in [1.165, 1.54) is 56.1 Å². The van der Waals surface area contributed by atoms with Gasteiger partial charge in [0.25, 0.3) is 0 Å². The Kier molecular flexibility index (Phi) is 4.71. The van der Waals surface area contributed by atoms with E-state index >= 15 is 0 Å². The van der Waals surface area contributed by atoms with E-state index in [4.69, 9.17) is 4.98 Å². The number of hydrogen-bond acceptors (Lipinski definition) is 3. The van der Waals surface area contributed by atoms with E-state index in [9.17, 15) is 0 Å². The molecule has 1 aromatic carbocycles. The lowest BCUT2D eigenvalue weighted by atomic mass is 10.1. The summed E-state index contributed by atoms with van der Waals surface area (Å²) >= 11 is 0. The molecule has 1 fully saturated rings. The van der Waals surface area contributed by atoms with Gasteiger partial charge in [0.1, 0.15) is 5.82 Å². The molecule has 0 amide bonds. The first-order chi connectivity index (χ1) is 10.4. The normalized spacial score (nSPS) is 17.4. The Bertz CT molecular complexity index is 586. The number of anilines is 1. The van der Waals surface area contributed by atoms with Crippen molar-refractivity contribution >= 4 is 16.7 Å². The largest absolute Gasteiger partial charge is 0.373 e. The number of para-hydroxylation sites is 1. The number of rotatable bonds is 3. The van der Waals surface area contributed by atoms with Gasteiger partial charge in [-0.3, -0.25) is 4.90 Å². The molecule has 1 aromatic heterocycles. The topological polar surface area (TPSA) is 28.2 Å². The van der Waals surface area contributed by atoms with Crippen LogP contribution in [0, 0.1) is 0 Å². The smallest absolute Gasteiger partial charge is 0.130 e. The van der Waals surface area contributed by atoms with E-state index in [1.54, 1.807) is 0 Å². The van der Waals surface area contributed by atoms with Crippen LogP contribution >= 0.6 is 0 Å². The van der Waals surface area contributed by atoms with Crippen molar-refractivity contribution in [1.82, 2.24) is 9.88 Å². The minimum atomic E-state index is 1.01. The monoisotopic (exact) mass is 283 g/mol. The summed E-state index contributed by atoms with van der Waals surface area (Å²) in [5.41, 5.74) is 2.38. The minimum absolute atomic E-state index is 1.01. The maximum Gasteiger partial charge on any atom is 0.130 e. The van der Waals surface area contributed by atoms with Crippen molar-refractivity contribution in [3.63, 3.8) is 0 Å². The molecule has 1 N–H and O–H groups in total. The third kappa shape index (κ3) is 3.53.